The lowest BCUT2D eigenvalue weighted by atomic mass is 9.98. The van der Waals surface area contributed by atoms with Gasteiger partial charge in [0.15, 0.2) is 0 Å². The molecule has 0 aliphatic carbocycles. The Balaban J connectivity index is 2.55. The van der Waals surface area contributed by atoms with E-state index in [0.29, 0.717) is 5.92 Å². The van der Waals surface area contributed by atoms with Gasteiger partial charge in [-0.1, -0.05) is 26.0 Å². The summed E-state index contributed by atoms with van der Waals surface area (Å²) in [7, 11) is 3.08. The first-order valence-electron chi connectivity index (χ1n) is 6.52. The number of carbonyl (C=O) groups is 1. The quantitative estimate of drug-likeness (QED) is 0.606. The van der Waals surface area contributed by atoms with E-state index in [1.54, 1.807) is 7.11 Å². The maximum Gasteiger partial charge on any atom is 0.319 e. The van der Waals surface area contributed by atoms with Gasteiger partial charge in [0.25, 0.3) is 0 Å². The van der Waals surface area contributed by atoms with E-state index in [1.165, 1.54) is 18.2 Å². The molecule has 0 radical (unpaired) electrons. The normalized spacial score (nSPS) is 10.6. The molecule has 1 rings (SSSR count). The maximum atomic E-state index is 10.9. The molecule has 1 aromatic carbocycles. The summed E-state index contributed by atoms with van der Waals surface area (Å²) in [5.41, 5.74) is 2.45. The predicted octanol–water partition coefficient (Wildman–Crippen LogP) is 2.12. The van der Waals surface area contributed by atoms with Gasteiger partial charge < -0.3 is 14.8 Å². The Morgan fingerprint density at radius 2 is 2.05 bits per heavy atom. The number of benzene rings is 1. The van der Waals surface area contributed by atoms with Crippen LogP contribution in [0.3, 0.4) is 0 Å². The fraction of sp³-hybridized carbons (Fsp3) is 0.533. The Kier molecular flexibility index (Phi) is 6.36. The van der Waals surface area contributed by atoms with Gasteiger partial charge in [-0.3, -0.25) is 4.79 Å². The standard InChI is InChI=1S/C15H23NO3/c1-11(2)13-9-12(5-6-14(13)18-3)7-8-16-10-15(17)19-4/h5-6,9,11,16H,7-8,10H2,1-4H3. The first-order valence-corrected chi connectivity index (χ1v) is 6.52. The highest BCUT2D eigenvalue weighted by Gasteiger charge is 2.08. The van der Waals surface area contributed by atoms with Crippen LogP contribution in [-0.4, -0.2) is 33.3 Å². The van der Waals surface area contributed by atoms with Gasteiger partial charge in [-0.15, -0.1) is 0 Å². The Hall–Kier alpha value is -1.55. The van der Waals surface area contributed by atoms with Gasteiger partial charge in [0.1, 0.15) is 5.75 Å². The second-order valence-electron chi connectivity index (χ2n) is 4.73. The van der Waals surface area contributed by atoms with Gasteiger partial charge in [0.05, 0.1) is 20.8 Å². The van der Waals surface area contributed by atoms with Crippen LogP contribution in [0, 0.1) is 0 Å². The molecule has 0 saturated carbocycles. The number of hydrogen-bond donors (Lipinski definition) is 1. The SMILES string of the molecule is COC(=O)CNCCc1ccc(OC)c(C(C)C)c1. The van der Waals surface area contributed by atoms with E-state index in [2.05, 4.69) is 36.0 Å². The highest BCUT2D eigenvalue weighted by atomic mass is 16.5. The number of carbonyl (C=O) groups excluding carboxylic acids is 1. The van der Waals surface area contributed by atoms with Crippen molar-refractivity contribution in [2.45, 2.75) is 26.2 Å². The number of ether oxygens (including phenoxy) is 2. The Bertz CT molecular complexity index is 416. The first-order chi connectivity index (χ1) is 9.08. The van der Waals surface area contributed by atoms with Gasteiger partial charge in [-0.05, 0) is 36.1 Å². The van der Waals surface area contributed by atoms with E-state index >= 15 is 0 Å². The predicted molar refractivity (Wildman–Crippen MR) is 75.7 cm³/mol. The van der Waals surface area contributed by atoms with Gasteiger partial charge in [0.2, 0.25) is 0 Å². The van der Waals surface area contributed by atoms with E-state index < -0.39 is 0 Å². The molecular formula is C15H23NO3. The molecular weight excluding hydrogens is 242 g/mol. The van der Waals surface area contributed by atoms with Crippen LogP contribution in [0.4, 0.5) is 0 Å². The highest BCUT2D eigenvalue weighted by Crippen LogP contribution is 2.27. The minimum atomic E-state index is -0.238. The van der Waals surface area contributed by atoms with Gasteiger partial charge in [-0.25, -0.2) is 0 Å². The van der Waals surface area contributed by atoms with E-state index in [1.807, 2.05) is 6.07 Å². The van der Waals surface area contributed by atoms with Gasteiger partial charge in [0, 0.05) is 0 Å². The molecule has 0 amide bonds. The largest absolute Gasteiger partial charge is 0.496 e. The summed E-state index contributed by atoms with van der Waals surface area (Å²) in [6, 6.07) is 6.23. The molecule has 0 aliphatic heterocycles. The summed E-state index contributed by atoms with van der Waals surface area (Å²) >= 11 is 0. The summed E-state index contributed by atoms with van der Waals surface area (Å²) in [4.78, 5) is 10.9. The summed E-state index contributed by atoms with van der Waals surface area (Å²) in [5.74, 6) is 1.12. The third kappa shape index (κ3) is 4.91. The molecule has 1 N–H and O–H groups in total. The lowest BCUT2D eigenvalue weighted by Gasteiger charge is -2.13. The molecule has 0 aromatic heterocycles. The third-order valence-electron chi connectivity index (χ3n) is 3.00. The lowest BCUT2D eigenvalue weighted by Crippen LogP contribution is -2.25. The molecule has 0 saturated heterocycles. The Morgan fingerprint density at radius 3 is 2.63 bits per heavy atom. The van der Waals surface area contributed by atoms with Crippen LogP contribution < -0.4 is 10.1 Å². The number of rotatable bonds is 7. The third-order valence-corrected chi connectivity index (χ3v) is 3.00. The average molecular weight is 265 g/mol. The zero-order chi connectivity index (χ0) is 14.3. The van der Waals surface area contributed by atoms with Crippen molar-refractivity contribution < 1.29 is 14.3 Å². The van der Waals surface area contributed by atoms with Crippen molar-refractivity contribution in [2.75, 3.05) is 27.3 Å². The molecule has 0 fully saturated rings. The number of esters is 1. The number of methoxy groups -OCH3 is 2. The zero-order valence-corrected chi connectivity index (χ0v) is 12.2. The summed E-state index contributed by atoms with van der Waals surface area (Å²) in [5, 5.41) is 3.06. The van der Waals surface area contributed by atoms with Crippen LogP contribution in [-0.2, 0) is 16.0 Å². The van der Waals surface area contributed by atoms with Gasteiger partial charge in [-0.2, -0.15) is 0 Å². The number of hydrogen-bond acceptors (Lipinski definition) is 4. The molecule has 0 atom stereocenters. The van der Waals surface area contributed by atoms with E-state index in [4.69, 9.17) is 4.74 Å². The molecule has 4 heteroatoms. The molecule has 1 aromatic rings. The Morgan fingerprint density at radius 1 is 1.32 bits per heavy atom. The van der Waals surface area contributed by atoms with Gasteiger partial charge >= 0.3 is 5.97 Å². The van der Waals surface area contributed by atoms with Crippen molar-refractivity contribution >= 4 is 5.97 Å². The van der Waals surface area contributed by atoms with Crippen LogP contribution in [0.25, 0.3) is 0 Å². The second kappa shape index (κ2) is 7.79. The molecule has 106 valence electrons. The van der Waals surface area contributed by atoms with Crippen molar-refractivity contribution in [3.8, 4) is 5.75 Å². The topological polar surface area (TPSA) is 47.6 Å². The van der Waals surface area contributed by atoms with Crippen LogP contribution in [0.1, 0.15) is 30.9 Å². The fourth-order valence-corrected chi connectivity index (χ4v) is 1.89. The van der Waals surface area contributed by atoms with Crippen LogP contribution in [0.15, 0.2) is 18.2 Å². The lowest BCUT2D eigenvalue weighted by molar-refractivity contribution is -0.139. The Labute approximate surface area is 115 Å². The second-order valence-corrected chi connectivity index (χ2v) is 4.73. The van der Waals surface area contributed by atoms with Crippen molar-refractivity contribution in [2.24, 2.45) is 0 Å². The minimum absolute atomic E-state index is 0.238. The molecule has 0 spiro atoms. The van der Waals surface area contributed by atoms with E-state index in [9.17, 15) is 4.79 Å². The zero-order valence-electron chi connectivity index (χ0n) is 12.2. The fourth-order valence-electron chi connectivity index (χ4n) is 1.89. The van der Waals surface area contributed by atoms with Crippen molar-refractivity contribution in [3.63, 3.8) is 0 Å². The van der Waals surface area contributed by atoms with Crippen LogP contribution >= 0.6 is 0 Å². The average Bonchev–Trinajstić information content (AvgIpc) is 2.42. The van der Waals surface area contributed by atoms with E-state index in [-0.39, 0.29) is 12.5 Å². The highest BCUT2D eigenvalue weighted by molar-refractivity contribution is 5.71. The summed E-state index contributed by atoms with van der Waals surface area (Å²) < 4.78 is 9.92. The molecule has 0 bridgehead atoms. The van der Waals surface area contributed by atoms with Crippen LogP contribution in [0.5, 0.6) is 5.75 Å². The van der Waals surface area contributed by atoms with Crippen molar-refractivity contribution in [1.29, 1.82) is 0 Å². The maximum absolute atomic E-state index is 10.9. The minimum Gasteiger partial charge on any atom is -0.496 e. The molecule has 0 heterocycles. The monoisotopic (exact) mass is 265 g/mol. The molecule has 0 unspecified atom stereocenters. The summed E-state index contributed by atoms with van der Waals surface area (Å²) in [6.07, 6.45) is 0.876. The first kappa shape index (κ1) is 15.5. The molecule has 19 heavy (non-hydrogen) atoms. The van der Waals surface area contributed by atoms with Crippen molar-refractivity contribution in [1.82, 2.24) is 5.32 Å². The van der Waals surface area contributed by atoms with Crippen molar-refractivity contribution in [3.05, 3.63) is 29.3 Å². The van der Waals surface area contributed by atoms with Crippen LogP contribution in [0.2, 0.25) is 0 Å². The molecule has 0 aliphatic rings. The smallest absolute Gasteiger partial charge is 0.319 e. The van der Waals surface area contributed by atoms with E-state index in [0.717, 1.165) is 18.7 Å². The summed E-state index contributed by atoms with van der Waals surface area (Å²) in [6.45, 7) is 5.30. The molecule has 4 nitrogen and oxygen atoms in total. The number of nitrogens with one attached hydrogen (secondary N) is 1.